The molecular weight excluding hydrogens is 276 g/mol. The number of benzene rings is 1. The highest BCUT2D eigenvalue weighted by molar-refractivity contribution is 6.32. The Balaban J connectivity index is 2.33. The van der Waals surface area contributed by atoms with Gasteiger partial charge in [-0.05, 0) is 43.4 Å². The Labute approximate surface area is 125 Å². The lowest BCUT2D eigenvalue weighted by Crippen LogP contribution is -2.44. The first-order valence-corrected chi connectivity index (χ1v) is 7.33. The summed E-state index contributed by atoms with van der Waals surface area (Å²) < 4.78 is 10.8. The van der Waals surface area contributed by atoms with Crippen LogP contribution in [0.25, 0.3) is 0 Å². The molecule has 0 N–H and O–H groups in total. The Hall–Kier alpha value is -1.06. The average Bonchev–Trinajstić information content (AvgIpc) is 2.47. The van der Waals surface area contributed by atoms with Crippen molar-refractivity contribution in [3.63, 3.8) is 0 Å². The molecule has 0 saturated heterocycles. The van der Waals surface area contributed by atoms with Gasteiger partial charge in [0.15, 0.2) is 5.78 Å². The lowest BCUT2D eigenvalue weighted by molar-refractivity contribution is -0.0302. The second kappa shape index (κ2) is 6.15. The molecule has 1 aliphatic carbocycles. The van der Waals surface area contributed by atoms with E-state index in [-0.39, 0.29) is 5.78 Å². The number of carbonyl (C=O) groups excluding carboxylic acids is 1. The number of hydrogen-bond donors (Lipinski definition) is 0. The van der Waals surface area contributed by atoms with E-state index < -0.39 is 5.60 Å². The van der Waals surface area contributed by atoms with Gasteiger partial charge in [-0.25, -0.2) is 0 Å². The molecule has 1 aliphatic rings. The molecule has 0 bridgehead atoms. The topological polar surface area (TPSA) is 35.5 Å². The number of hydrogen-bond acceptors (Lipinski definition) is 3. The van der Waals surface area contributed by atoms with Gasteiger partial charge >= 0.3 is 0 Å². The van der Waals surface area contributed by atoms with Gasteiger partial charge in [-0.3, -0.25) is 4.79 Å². The fourth-order valence-electron chi connectivity index (χ4n) is 3.05. The van der Waals surface area contributed by atoms with Crippen molar-refractivity contribution in [1.29, 1.82) is 0 Å². The fourth-order valence-corrected chi connectivity index (χ4v) is 3.25. The summed E-state index contributed by atoms with van der Waals surface area (Å²) in [7, 11) is 3.17. The van der Waals surface area contributed by atoms with Crippen LogP contribution in [0.15, 0.2) is 18.2 Å². The zero-order valence-corrected chi connectivity index (χ0v) is 13.0. The molecule has 1 aromatic rings. The smallest absolute Gasteiger partial charge is 0.194 e. The highest BCUT2D eigenvalue weighted by atomic mass is 35.5. The number of halogens is 1. The molecule has 0 heterocycles. The van der Waals surface area contributed by atoms with Crippen molar-refractivity contribution in [2.24, 2.45) is 5.92 Å². The minimum atomic E-state index is -0.698. The van der Waals surface area contributed by atoms with Crippen LogP contribution in [0.5, 0.6) is 5.75 Å². The number of methoxy groups -OCH3 is 2. The van der Waals surface area contributed by atoms with Gasteiger partial charge in [-0.15, -0.1) is 0 Å². The molecule has 20 heavy (non-hydrogen) atoms. The molecule has 110 valence electrons. The maximum absolute atomic E-state index is 12.9. The van der Waals surface area contributed by atoms with Crippen molar-refractivity contribution >= 4 is 17.4 Å². The summed E-state index contributed by atoms with van der Waals surface area (Å²) in [6.07, 6.45) is 3.72. The standard InChI is InChI=1S/C16H21ClO3/c1-11-5-4-8-16(10-11,20-3)15(18)12-6-7-13(17)14(9-12)19-2/h6-7,9,11H,4-5,8,10H2,1-3H3. The van der Waals surface area contributed by atoms with Crippen LogP contribution < -0.4 is 4.74 Å². The first kappa shape index (κ1) is 15.3. The van der Waals surface area contributed by atoms with E-state index >= 15 is 0 Å². The predicted octanol–water partition coefficient (Wildman–Crippen LogP) is 4.13. The minimum absolute atomic E-state index is 0.0292. The lowest BCUT2D eigenvalue weighted by Gasteiger charge is -2.37. The van der Waals surface area contributed by atoms with Crippen LogP contribution in [0.4, 0.5) is 0 Å². The third kappa shape index (κ3) is 2.84. The van der Waals surface area contributed by atoms with Crippen LogP contribution >= 0.6 is 11.6 Å². The van der Waals surface area contributed by atoms with Gasteiger partial charge in [-0.2, -0.15) is 0 Å². The summed E-state index contributed by atoms with van der Waals surface area (Å²) in [5.74, 6) is 1.05. The van der Waals surface area contributed by atoms with Gasteiger partial charge in [0.05, 0.1) is 12.1 Å². The van der Waals surface area contributed by atoms with Gasteiger partial charge in [0, 0.05) is 12.7 Å². The molecule has 0 amide bonds. The first-order valence-electron chi connectivity index (χ1n) is 6.96. The quantitative estimate of drug-likeness (QED) is 0.784. The number of carbonyl (C=O) groups is 1. The van der Waals surface area contributed by atoms with E-state index in [0.717, 1.165) is 25.7 Å². The summed E-state index contributed by atoms with van der Waals surface area (Å²) in [6.45, 7) is 2.17. The van der Waals surface area contributed by atoms with E-state index in [2.05, 4.69) is 6.92 Å². The fraction of sp³-hybridized carbons (Fsp3) is 0.562. The number of rotatable bonds is 4. The van der Waals surface area contributed by atoms with Crippen molar-refractivity contribution in [1.82, 2.24) is 0 Å². The average molecular weight is 297 g/mol. The molecule has 1 saturated carbocycles. The largest absolute Gasteiger partial charge is 0.495 e. The summed E-state index contributed by atoms with van der Waals surface area (Å²) in [5, 5.41) is 0.507. The zero-order chi connectivity index (χ0) is 14.8. The normalized spacial score (nSPS) is 26.3. The van der Waals surface area contributed by atoms with E-state index in [0.29, 0.717) is 22.3 Å². The molecule has 1 aromatic carbocycles. The number of ketones is 1. The van der Waals surface area contributed by atoms with E-state index in [1.165, 1.54) is 0 Å². The monoisotopic (exact) mass is 296 g/mol. The summed E-state index contributed by atoms with van der Waals surface area (Å²) in [5.41, 5.74) is -0.0986. The van der Waals surface area contributed by atoms with Crippen molar-refractivity contribution in [2.45, 2.75) is 38.2 Å². The Morgan fingerprint density at radius 2 is 2.15 bits per heavy atom. The maximum atomic E-state index is 12.9. The lowest BCUT2D eigenvalue weighted by atomic mass is 9.75. The third-order valence-corrected chi connectivity index (χ3v) is 4.49. The highest BCUT2D eigenvalue weighted by Crippen LogP contribution is 2.38. The van der Waals surface area contributed by atoms with Crippen molar-refractivity contribution in [3.05, 3.63) is 28.8 Å². The van der Waals surface area contributed by atoms with E-state index in [1.807, 2.05) is 0 Å². The Morgan fingerprint density at radius 1 is 1.40 bits per heavy atom. The van der Waals surface area contributed by atoms with Crippen molar-refractivity contribution in [2.75, 3.05) is 14.2 Å². The van der Waals surface area contributed by atoms with Crippen LogP contribution in [0.3, 0.4) is 0 Å². The zero-order valence-electron chi connectivity index (χ0n) is 12.2. The van der Waals surface area contributed by atoms with Gasteiger partial charge in [0.2, 0.25) is 0 Å². The first-order chi connectivity index (χ1) is 9.52. The molecule has 1 fully saturated rings. The third-order valence-electron chi connectivity index (χ3n) is 4.17. The molecule has 0 aromatic heterocycles. The van der Waals surface area contributed by atoms with Gasteiger partial charge in [0.25, 0.3) is 0 Å². The van der Waals surface area contributed by atoms with Crippen LogP contribution in [0.1, 0.15) is 43.0 Å². The minimum Gasteiger partial charge on any atom is -0.495 e. The Kier molecular flexibility index (Phi) is 4.71. The van der Waals surface area contributed by atoms with Crippen molar-refractivity contribution < 1.29 is 14.3 Å². The second-order valence-corrected chi connectivity index (χ2v) is 5.99. The van der Waals surface area contributed by atoms with Crippen molar-refractivity contribution in [3.8, 4) is 5.75 Å². The second-order valence-electron chi connectivity index (χ2n) is 5.58. The van der Waals surface area contributed by atoms with Gasteiger partial charge in [0.1, 0.15) is 11.4 Å². The van der Waals surface area contributed by atoms with Crippen LogP contribution in [0, 0.1) is 5.92 Å². The molecule has 2 unspecified atom stereocenters. The SMILES string of the molecule is COc1cc(C(=O)C2(OC)CCCC(C)C2)ccc1Cl. The molecule has 0 aliphatic heterocycles. The molecule has 0 radical (unpaired) electrons. The number of Topliss-reactive ketones (excluding diaryl/α,β-unsaturated/α-hetero) is 1. The van der Waals surface area contributed by atoms with Gasteiger partial charge < -0.3 is 9.47 Å². The molecular formula is C16H21ClO3. The summed E-state index contributed by atoms with van der Waals surface area (Å²) in [4.78, 5) is 12.9. The molecule has 3 nitrogen and oxygen atoms in total. The molecule has 2 atom stereocenters. The van der Waals surface area contributed by atoms with E-state index in [4.69, 9.17) is 21.1 Å². The molecule has 2 rings (SSSR count). The van der Waals surface area contributed by atoms with E-state index in [1.54, 1.807) is 32.4 Å². The molecule has 4 heteroatoms. The Morgan fingerprint density at radius 3 is 2.75 bits per heavy atom. The van der Waals surface area contributed by atoms with Gasteiger partial charge in [-0.1, -0.05) is 24.9 Å². The van der Waals surface area contributed by atoms with Crippen LogP contribution in [-0.2, 0) is 4.74 Å². The highest BCUT2D eigenvalue weighted by Gasteiger charge is 2.42. The van der Waals surface area contributed by atoms with Crippen LogP contribution in [0.2, 0.25) is 5.02 Å². The van der Waals surface area contributed by atoms with Crippen LogP contribution in [-0.4, -0.2) is 25.6 Å². The number of ether oxygens (including phenoxy) is 2. The van der Waals surface area contributed by atoms with E-state index in [9.17, 15) is 4.79 Å². The Bertz CT molecular complexity index is 500. The molecule has 0 spiro atoms. The summed E-state index contributed by atoms with van der Waals surface area (Å²) in [6, 6.07) is 5.14. The maximum Gasteiger partial charge on any atom is 0.194 e. The summed E-state index contributed by atoms with van der Waals surface area (Å²) >= 11 is 6.01. The predicted molar refractivity (Wildman–Crippen MR) is 79.7 cm³/mol.